The highest BCUT2D eigenvalue weighted by Gasteiger charge is 2.21. The lowest BCUT2D eigenvalue weighted by atomic mass is 10.1. The Bertz CT molecular complexity index is 1500. The molecule has 1 fully saturated rings. The molecule has 6 nitrogen and oxygen atoms in total. The number of ether oxygens (including phenoxy) is 1. The highest BCUT2D eigenvalue weighted by Crippen LogP contribution is 2.29. The highest BCUT2D eigenvalue weighted by molar-refractivity contribution is 7.98. The van der Waals surface area contributed by atoms with Gasteiger partial charge in [0, 0.05) is 35.0 Å². The van der Waals surface area contributed by atoms with Crippen LogP contribution in [0.1, 0.15) is 15.9 Å². The van der Waals surface area contributed by atoms with Gasteiger partial charge in [-0.3, -0.25) is 14.2 Å². The van der Waals surface area contributed by atoms with Crippen LogP contribution in [0.3, 0.4) is 0 Å². The number of benzene rings is 3. The zero-order valence-electron chi connectivity index (χ0n) is 18.9. The van der Waals surface area contributed by atoms with Crippen molar-refractivity contribution < 1.29 is 18.3 Å². The third-order valence-electron chi connectivity index (χ3n) is 5.86. The van der Waals surface area contributed by atoms with Gasteiger partial charge in [-0.2, -0.15) is 0 Å². The standard InChI is InChI=1S/C26H20ClF2N3O3S/c27-21-5-2-6-22(29)20(21)15-36-26-30-23-13-16(24(33)31-9-11-35-12-10-31)7-8-19(23)25(34)32(26)18-4-1-3-17(28)14-18/h1-8,13-14H,9-12,15H2. The molecule has 0 atom stereocenters. The summed E-state index contributed by atoms with van der Waals surface area (Å²) in [6, 6.07) is 14.7. The molecule has 4 aromatic rings. The van der Waals surface area contributed by atoms with E-state index in [1.807, 2.05) is 0 Å². The van der Waals surface area contributed by atoms with Crippen molar-refractivity contribution in [3.05, 3.63) is 98.8 Å². The number of carbonyl (C=O) groups is 1. The second-order valence-corrected chi connectivity index (χ2v) is 9.49. The molecule has 2 heterocycles. The smallest absolute Gasteiger partial charge is 0.266 e. The molecule has 5 rings (SSSR count). The summed E-state index contributed by atoms with van der Waals surface area (Å²) in [4.78, 5) is 32.9. The number of amides is 1. The average molecular weight is 528 g/mol. The summed E-state index contributed by atoms with van der Waals surface area (Å²) in [6.07, 6.45) is 0. The molecule has 184 valence electrons. The highest BCUT2D eigenvalue weighted by atomic mass is 35.5. The summed E-state index contributed by atoms with van der Waals surface area (Å²) < 4.78 is 35.0. The van der Waals surface area contributed by atoms with Crippen LogP contribution in [0, 0.1) is 11.6 Å². The van der Waals surface area contributed by atoms with Crippen LogP contribution in [0.2, 0.25) is 5.02 Å². The number of nitrogens with zero attached hydrogens (tertiary/aromatic N) is 3. The molecular formula is C26H20ClF2N3O3S. The Labute approximate surface area is 214 Å². The van der Waals surface area contributed by atoms with E-state index in [1.54, 1.807) is 35.2 Å². The van der Waals surface area contributed by atoms with Crippen LogP contribution in [-0.2, 0) is 10.5 Å². The minimum atomic E-state index is -0.515. The van der Waals surface area contributed by atoms with Gasteiger partial charge in [-0.1, -0.05) is 35.5 Å². The van der Waals surface area contributed by atoms with E-state index in [0.717, 1.165) is 11.8 Å². The third kappa shape index (κ3) is 4.86. The lowest BCUT2D eigenvalue weighted by molar-refractivity contribution is 0.0303. The van der Waals surface area contributed by atoms with Crippen molar-refractivity contribution in [2.45, 2.75) is 10.9 Å². The molecule has 0 radical (unpaired) electrons. The van der Waals surface area contributed by atoms with E-state index in [9.17, 15) is 18.4 Å². The fraction of sp³-hybridized carbons (Fsp3) is 0.192. The van der Waals surface area contributed by atoms with Gasteiger partial charge in [0.2, 0.25) is 0 Å². The van der Waals surface area contributed by atoms with Crippen LogP contribution < -0.4 is 5.56 Å². The molecule has 3 aromatic carbocycles. The van der Waals surface area contributed by atoms with Gasteiger partial charge in [0.05, 0.1) is 29.8 Å². The van der Waals surface area contributed by atoms with E-state index < -0.39 is 17.2 Å². The van der Waals surface area contributed by atoms with E-state index in [0.29, 0.717) is 37.4 Å². The van der Waals surface area contributed by atoms with E-state index in [2.05, 4.69) is 4.98 Å². The molecule has 0 unspecified atom stereocenters. The first-order chi connectivity index (χ1) is 17.4. The van der Waals surface area contributed by atoms with Gasteiger partial charge in [0.25, 0.3) is 11.5 Å². The van der Waals surface area contributed by atoms with Crippen molar-refractivity contribution >= 4 is 40.2 Å². The van der Waals surface area contributed by atoms with Crippen molar-refractivity contribution in [3.8, 4) is 5.69 Å². The zero-order valence-corrected chi connectivity index (χ0v) is 20.5. The lowest BCUT2D eigenvalue weighted by Crippen LogP contribution is -2.40. The normalized spacial score (nSPS) is 13.8. The van der Waals surface area contributed by atoms with Crippen molar-refractivity contribution in [1.29, 1.82) is 0 Å². The number of carbonyl (C=O) groups excluding carboxylic acids is 1. The summed E-state index contributed by atoms with van der Waals surface area (Å²) >= 11 is 7.28. The molecular weight excluding hydrogens is 508 g/mol. The second kappa shape index (κ2) is 10.4. The Hall–Kier alpha value is -3.27. The van der Waals surface area contributed by atoms with Crippen molar-refractivity contribution in [3.63, 3.8) is 0 Å². The summed E-state index contributed by atoms with van der Waals surface area (Å²) in [5.41, 5.74) is 0.824. The molecule has 0 spiro atoms. The van der Waals surface area contributed by atoms with Gasteiger partial charge < -0.3 is 9.64 Å². The summed E-state index contributed by atoms with van der Waals surface area (Å²) in [6.45, 7) is 1.90. The predicted molar refractivity (Wildman–Crippen MR) is 135 cm³/mol. The Morgan fingerprint density at radius 3 is 2.58 bits per heavy atom. The molecule has 0 bridgehead atoms. The molecule has 0 aliphatic carbocycles. The predicted octanol–water partition coefficient (Wildman–Crippen LogP) is 5.08. The zero-order chi connectivity index (χ0) is 25.2. The maximum absolute atomic E-state index is 14.4. The Morgan fingerprint density at radius 2 is 1.83 bits per heavy atom. The second-order valence-electron chi connectivity index (χ2n) is 8.14. The molecule has 1 aromatic heterocycles. The SMILES string of the molecule is O=C(c1ccc2c(=O)n(-c3cccc(F)c3)c(SCc3c(F)cccc3Cl)nc2c1)N1CCOCC1. The van der Waals surface area contributed by atoms with Crippen LogP contribution in [-0.4, -0.2) is 46.7 Å². The van der Waals surface area contributed by atoms with E-state index >= 15 is 0 Å². The largest absolute Gasteiger partial charge is 0.378 e. The van der Waals surface area contributed by atoms with Crippen molar-refractivity contribution in [1.82, 2.24) is 14.5 Å². The van der Waals surface area contributed by atoms with E-state index in [4.69, 9.17) is 16.3 Å². The van der Waals surface area contributed by atoms with Gasteiger partial charge in [-0.05, 0) is 48.5 Å². The number of aromatic nitrogens is 2. The minimum Gasteiger partial charge on any atom is -0.378 e. The summed E-state index contributed by atoms with van der Waals surface area (Å²) in [5.74, 6) is -1.08. The monoisotopic (exact) mass is 527 g/mol. The fourth-order valence-electron chi connectivity index (χ4n) is 3.99. The van der Waals surface area contributed by atoms with Crippen LogP contribution in [0.4, 0.5) is 8.78 Å². The first kappa shape index (κ1) is 24.4. The average Bonchev–Trinajstić information content (AvgIpc) is 2.88. The fourth-order valence-corrected chi connectivity index (χ4v) is 5.35. The molecule has 0 saturated carbocycles. The molecule has 10 heteroatoms. The topological polar surface area (TPSA) is 64.4 Å². The van der Waals surface area contributed by atoms with Crippen LogP contribution in [0.15, 0.2) is 70.6 Å². The summed E-state index contributed by atoms with van der Waals surface area (Å²) in [7, 11) is 0. The van der Waals surface area contributed by atoms with Crippen LogP contribution >= 0.6 is 23.4 Å². The number of hydrogen-bond donors (Lipinski definition) is 0. The van der Waals surface area contributed by atoms with Gasteiger partial charge in [0.15, 0.2) is 5.16 Å². The van der Waals surface area contributed by atoms with Gasteiger partial charge in [-0.25, -0.2) is 13.8 Å². The maximum atomic E-state index is 14.4. The lowest BCUT2D eigenvalue weighted by Gasteiger charge is -2.26. The van der Waals surface area contributed by atoms with Gasteiger partial charge >= 0.3 is 0 Å². The first-order valence-electron chi connectivity index (χ1n) is 11.2. The van der Waals surface area contributed by atoms with Gasteiger partial charge in [-0.15, -0.1) is 0 Å². The molecule has 36 heavy (non-hydrogen) atoms. The quantitative estimate of drug-likeness (QED) is 0.267. The van der Waals surface area contributed by atoms with Crippen molar-refractivity contribution in [2.24, 2.45) is 0 Å². The Morgan fingerprint density at radius 1 is 1.06 bits per heavy atom. The number of fused-ring (bicyclic) bond motifs is 1. The number of thioether (sulfide) groups is 1. The van der Waals surface area contributed by atoms with E-state index in [1.165, 1.54) is 34.9 Å². The molecule has 1 saturated heterocycles. The first-order valence-corrected chi connectivity index (χ1v) is 12.5. The molecule has 1 aliphatic rings. The number of halogens is 3. The number of rotatable bonds is 5. The Kier molecular flexibility index (Phi) is 7.04. The maximum Gasteiger partial charge on any atom is 0.266 e. The Balaban J connectivity index is 1.61. The van der Waals surface area contributed by atoms with Gasteiger partial charge in [0.1, 0.15) is 11.6 Å². The third-order valence-corrected chi connectivity index (χ3v) is 7.18. The molecule has 1 aliphatic heterocycles. The van der Waals surface area contributed by atoms with Crippen molar-refractivity contribution in [2.75, 3.05) is 26.3 Å². The summed E-state index contributed by atoms with van der Waals surface area (Å²) in [5, 5.41) is 0.737. The minimum absolute atomic E-state index is 0.0885. The number of hydrogen-bond acceptors (Lipinski definition) is 5. The molecule has 0 N–H and O–H groups in total. The van der Waals surface area contributed by atoms with Crippen LogP contribution in [0.5, 0.6) is 0 Å². The van der Waals surface area contributed by atoms with E-state index in [-0.39, 0.29) is 38.5 Å². The van der Waals surface area contributed by atoms with Crippen LogP contribution in [0.25, 0.3) is 16.6 Å². The molecule has 1 amide bonds. The number of morpholine rings is 1.